The molecule has 0 saturated heterocycles. The molecule has 38 heavy (non-hydrogen) atoms. The maximum atomic E-state index is 15.0. The van der Waals surface area contributed by atoms with Gasteiger partial charge in [-0.25, -0.2) is 4.39 Å². The second-order valence-electron chi connectivity index (χ2n) is 12.6. The number of carboxylic acid groups (broad SMARTS) is 1. The molecule has 0 amide bonds. The molecule has 6 rings (SSSR count). The maximum Gasteiger partial charge on any atom is 0.307 e. The van der Waals surface area contributed by atoms with Gasteiger partial charge in [0.1, 0.15) is 18.2 Å². The van der Waals surface area contributed by atoms with Crippen LogP contribution in [0.4, 0.5) is 4.39 Å². The lowest BCUT2D eigenvalue weighted by Crippen LogP contribution is -2.17. The molecule has 3 aliphatic rings. The Bertz CT molecular complexity index is 1420. The molecule has 3 nitrogen and oxygen atoms in total. The molecule has 0 aliphatic heterocycles. The smallest absolute Gasteiger partial charge is 0.307 e. The zero-order valence-corrected chi connectivity index (χ0v) is 22.8. The monoisotopic (exact) mass is 512 g/mol. The number of fused-ring (bicyclic) bond motifs is 2. The van der Waals surface area contributed by atoms with Gasteiger partial charge in [-0.05, 0) is 102 Å². The summed E-state index contributed by atoms with van der Waals surface area (Å²) in [5.74, 6) is 0.127. The predicted octanol–water partition coefficient (Wildman–Crippen LogP) is 8.21. The molecule has 0 aromatic heterocycles. The number of aliphatic carboxylic acids is 1. The minimum atomic E-state index is -0.691. The summed E-state index contributed by atoms with van der Waals surface area (Å²) in [5, 5.41) is 9.73. The normalized spacial score (nSPS) is 26.9. The Morgan fingerprint density at radius 1 is 1.05 bits per heavy atom. The highest BCUT2D eigenvalue weighted by Crippen LogP contribution is 2.66. The van der Waals surface area contributed by atoms with E-state index in [-0.39, 0.29) is 28.5 Å². The van der Waals surface area contributed by atoms with E-state index in [9.17, 15) is 9.90 Å². The van der Waals surface area contributed by atoms with E-state index in [0.29, 0.717) is 18.1 Å². The Labute approximate surface area is 225 Å². The van der Waals surface area contributed by atoms with Crippen LogP contribution in [0, 0.1) is 30.0 Å². The molecule has 0 bridgehead atoms. The van der Waals surface area contributed by atoms with Crippen LogP contribution in [0.25, 0.3) is 11.1 Å². The van der Waals surface area contributed by atoms with Crippen LogP contribution in [0.3, 0.4) is 0 Å². The zero-order valence-electron chi connectivity index (χ0n) is 22.8. The molecule has 198 valence electrons. The Balaban J connectivity index is 1.30. The molecular formula is C34H37FO3. The second kappa shape index (κ2) is 8.97. The summed E-state index contributed by atoms with van der Waals surface area (Å²) < 4.78 is 21.3. The molecule has 2 fully saturated rings. The second-order valence-corrected chi connectivity index (χ2v) is 12.6. The SMILES string of the molecule is Cc1ccc(F)c(-c2ccc(COc3ccc4c(c3)[C@]3(CC4)[C@H](C)[C@@H]3C(=O)O)cc2[C@@H]2CCCC2(C)C)c1. The van der Waals surface area contributed by atoms with Crippen molar-refractivity contribution in [2.24, 2.45) is 17.3 Å². The lowest BCUT2D eigenvalue weighted by Gasteiger charge is -2.30. The van der Waals surface area contributed by atoms with Crippen molar-refractivity contribution in [1.82, 2.24) is 0 Å². The standard InChI is InChI=1S/C34H37FO3/c1-20-7-12-30(35)27(16-20)25-11-8-22(17-26(25)28-6-5-14-33(28,3)4)19-38-24-10-9-23-13-15-34(29(23)18-24)21(2)31(34)32(36)37/h7-12,16-18,21,28,31H,5-6,13-15,19H2,1-4H3,(H,36,37)/t21-,28+,31-,34+/m1/s1. The predicted molar refractivity (Wildman–Crippen MR) is 148 cm³/mol. The molecule has 1 spiro atoms. The maximum absolute atomic E-state index is 15.0. The minimum Gasteiger partial charge on any atom is -0.489 e. The third-order valence-electron chi connectivity index (χ3n) is 9.98. The molecule has 3 aromatic rings. The number of hydrogen-bond donors (Lipinski definition) is 1. The van der Waals surface area contributed by atoms with E-state index in [1.54, 1.807) is 6.07 Å². The third-order valence-corrected chi connectivity index (χ3v) is 9.98. The van der Waals surface area contributed by atoms with Crippen molar-refractivity contribution in [1.29, 1.82) is 0 Å². The summed E-state index contributed by atoms with van der Waals surface area (Å²) in [7, 11) is 0. The number of ether oxygens (including phenoxy) is 1. The lowest BCUT2D eigenvalue weighted by atomic mass is 9.75. The van der Waals surface area contributed by atoms with Gasteiger partial charge in [-0.1, -0.05) is 63.1 Å². The van der Waals surface area contributed by atoms with Gasteiger partial charge in [0.25, 0.3) is 0 Å². The molecule has 0 radical (unpaired) electrons. The molecule has 4 heteroatoms. The van der Waals surface area contributed by atoms with Gasteiger partial charge in [-0.3, -0.25) is 4.79 Å². The Kier molecular flexibility index (Phi) is 5.93. The summed E-state index contributed by atoms with van der Waals surface area (Å²) in [4.78, 5) is 11.8. The first-order valence-corrected chi connectivity index (χ1v) is 14.0. The largest absolute Gasteiger partial charge is 0.489 e. The molecule has 1 N–H and O–H groups in total. The van der Waals surface area contributed by atoms with E-state index < -0.39 is 5.97 Å². The van der Waals surface area contributed by atoms with Crippen molar-refractivity contribution in [2.75, 3.05) is 0 Å². The van der Waals surface area contributed by atoms with Crippen molar-refractivity contribution < 1.29 is 19.0 Å². The lowest BCUT2D eigenvalue weighted by molar-refractivity contribution is -0.139. The van der Waals surface area contributed by atoms with Crippen LogP contribution in [0.2, 0.25) is 0 Å². The molecule has 2 saturated carbocycles. The highest BCUT2D eigenvalue weighted by atomic mass is 19.1. The molecule has 4 atom stereocenters. The minimum absolute atomic E-state index is 0.156. The fraction of sp³-hybridized carbons (Fsp3) is 0.441. The van der Waals surface area contributed by atoms with Crippen molar-refractivity contribution in [3.63, 3.8) is 0 Å². The van der Waals surface area contributed by atoms with Crippen molar-refractivity contribution in [2.45, 2.75) is 77.7 Å². The van der Waals surface area contributed by atoms with Gasteiger partial charge in [0.15, 0.2) is 0 Å². The van der Waals surface area contributed by atoms with Crippen molar-refractivity contribution in [3.8, 4) is 16.9 Å². The van der Waals surface area contributed by atoms with Gasteiger partial charge < -0.3 is 9.84 Å². The quantitative estimate of drug-likeness (QED) is 0.362. The van der Waals surface area contributed by atoms with E-state index in [1.165, 1.54) is 24.0 Å². The third kappa shape index (κ3) is 3.95. The Morgan fingerprint density at radius 3 is 2.58 bits per heavy atom. The van der Waals surface area contributed by atoms with Crippen molar-refractivity contribution in [3.05, 3.63) is 88.2 Å². The van der Waals surface area contributed by atoms with Crippen molar-refractivity contribution >= 4 is 5.97 Å². The highest BCUT2D eigenvalue weighted by Gasteiger charge is 2.68. The van der Waals surface area contributed by atoms with Gasteiger partial charge in [0.2, 0.25) is 0 Å². The first kappa shape index (κ1) is 25.2. The van der Waals surface area contributed by atoms with E-state index in [2.05, 4.69) is 51.1 Å². The summed E-state index contributed by atoms with van der Waals surface area (Å²) in [5.41, 5.74) is 7.32. The summed E-state index contributed by atoms with van der Waals surface area (Å²) in [6, 6.07) is 17.9. The first-order chi connectivity index (χ1) is 18.1. The number of carboxylic acids is 1. The number of aryl methyl sites for hydroxylation is 2. The average molecular weight is 513 g/mol. The van der Waals surface area contributed by atoms with E-state index >= 15 is 4.39 Å². The summed E-state index contributed by atoms with van der Waals surface area (Å²) in [6.45, 7) is 9.14. The van der Waals surface area contributed by atoms with Gasteiger partial charge in [0, 0.05) is 11.0 Å². The van der Waals surface area contributed by atoms with Gasteiger partial charge in [-0.2, -0.15) is 0 Å². The Morgan fingerprint density at radius 2 is 1.87 bits per heavy atom. The average Bonchev–Trinajstić information content (AvgIpc) is 3.11. The molecular weight excluding hydrogens is 475 g/mol. The van der Waals surface area contributed by atoms with E-state index in [4.69, 9.17) is 4.74 Å². The molecule has 0 heterocycles. The molecule has 3 aliphatic carbocycles. The topological polar surface area (TPSA) is 46.5 Å². The summed E-state index contributed by atoms with van der Waals surface area (Å²) in [6.07, 6.45) is 5.29. The molecule has 0 unspecified atom stereocenters. The zero-order chi connectivity index (χ0) is 26.8. The van der Waals surface area contributed by atoms with Gasteiger partial charge >= 0.3 is 5.97 Å². The van der Waals surface area contributed by atoms with Crippen LogP contribution < -0.4 is 4.74 Å². The first-order valence-electron chi connectivity index (χ1n) is 14.0. The number of hydrogen-bond acceptors (Lipinski definition) is 2. The van der Waals surface area contributed by atoms with E-state index in [1.807, 2.05) is 25.1 Å². The fourth-order valence-corrected chi connectivity index (χ4v) is 7.78. The number of rotatable bonds is 6. The highest BCUT2D eigenvalue weighted by molar-refractivity contribution is 5.79. The van der Waals surface area contributed by atoms with Crippen LogP contribution in [-0.2, 0) is 23.2 Å². The van der Waals surface area contributed by atoms with Crippen LogP contribution in [0.5, 0.6) is 5.75 Å². The number of halogens is 1. The van der Waals surface area contributed by atoms with E-state index in [0.717, 1.165) is 47.3 Å². The van der Waals surface area contributed by atoms with Crippen LogP contribution in [0.15, 0.2) is 54.6 Å². The van der Waals surface area contributed by atoms with Gasteiger partial charge in [-0.15, -0.1) is 0 Å². The number of benzene rings is 3. The summed E-state index contributed by atoms with van der Waals surface area (Å²) >= 11 is 0. The Hall–Kier alpha value is -3.14. The fourth-order valence-electron chi connectivity index (χ4n) is 7.78. The number of carbonyl (C=O) groups is 1. The van der Waals surface area contributed by atoms with Crippen LogP contribution >= 0.6 is 0 Å². The van der Waals surface area contributed by atoms with Crippen LogP contribution in [-0.4, -0.2) is 11.1 Å². The van der Waals surface area contributed by atoms with Crippen LogP contribution in [0.1, 0.15) is 80.2 Å². The van der Waals surface area contributed by atoms with Gasteiger partial charge in [0.05, 0.1) is 5.92 Å². The molecule has 3 aromatic carbocycles.